The molecule has 3 aliphatic heterocycles. The summed E-state index contributed by atoms with van der Waals surface area (Å²) in [7, 11) is 0. The van der Waals surface area contributed by atoms with Crippen molar-refractivity contribution in [1.29, 1.82) is 0 Å². The highest BCUT2D eigenvalue weighted by molar-refractivity contribution is 6.07. The molecule has 8 nitrogen and oxygen atoms in total. The highest BCUT2D eigenvalue weighted by Crippen LogP contribution is 2.39. The topological polar surface area (TPSA) is 98.8 Å². The van der Waals surface area contributed by atoms with Crippen molar-refractivity contribution in [3.05, 3.63) is 70.5 Å². The number of nitrogens with zero attached hydrogens (tertiary/aromatic N) is 3. The van der Waals surface area contributed by atoms with Crippen LogP contribution in [0.25, 0.3) is 0 Å². The largest absolute Gasteiger partial charge is 0.493 e. The van der Waals surface area contributed by atoms with Crippen molar-refractivity contribution >= 4 is 23.2 Å². The van der Waals surface area contributed by atoms with E-state index in [9.17, 15) is 14.7 Å². The summed E-state index contributed by atoms with van der Waals surface area (Å²) < 4.78 is 5.69. The van der Waals surface area contributed by atoms with E-state index in [0.29, 0.717) is 31.7 Å². The second-order valence-electron chi connectivity index (χ2n) is 9.39. The number of rotatable bonds is 5. The van der Waals surface area contributed by atoms with Crippen LogP contribution in [0, 0.1) is 0 Å². The molecule has 1 atom stereocenters. The van der Waals surface area contributed by atoms with E-state index in [1.54, 1.807) is 4.90 Å². The minimum Gasteiger partial charge on any atom is -0.493 e. The van der Waals surface area contributed by atoms with Gasteiger partial charge in [-0.15, -0.1) is 0 Å². The van der Waals surface area contributed by atoms with E-state index in [0.717, 1.165) is 59.8 Å². The molecule has 180 valence electrons. The number of hydrogen-bond acceptors (Lipinski definition) is 5. The number of aromatic amines is 1. The van der Waals surface area contributed by atoms with E-state index in [4.69, 9.17) is 4.74 Å². The summed E-state index contributed by atoms with van der Waals surface area (Å²) >= 11 is 0. The molecule has 1 fully saturated rings. The standard InChI is InChI=1S/C27H28N4O4/c32-13-10-22-25-21(17-4-9-23-18(15-17)11-14-35-23)16-31(27(34)26(25)29-28-22)20-7-5-19(6-8-20)30-12-2-1-3-24(30)33/h4-9,15,21,32H,1-3,10-14,16H2,(H,28,29). The minimum atomic E-state index is -0.164. The molecule has 3 aliphatic rings. The number of carbonyl (C=O) groups is 2. The van der Waals surface area contributed by atoms with E-state index in [-0.39, 0.29) is 24.3 Å². The summed E-state index contributed by atoms with van der Waals surface area (Å²) in [5, 5.41) is 17.0. The molecular formula is C27H28N4O4. The van der Waals surface area contributed by atoms with Crippen molar-refractivity contribution in [2.45, 2.75) is 38.0 Å². The fourth-order valence-corrected chi connectivity index (χ4v) is 5.52. The Morgan fingerprint density at radius 2 is 1.83 bits per heavy atom. The molecule has 3 aromatic rings. The third kappa shape index (κ3) is 3.78. The molecule has 0 aliphatic carbocycles. The Morgan fingerprint density at radius 1 is 1.03 bits per heavy atom. The predicted octanol–water partition coefficient (Wildman–Crippen LogP) is 3.19. The number of aliphatic hydroxyl groups excluding tert-OH is 1. The molecule has 1 unspecified atom stereocenters. The molecule has 0 bridgehead atoms. The molecule has 1 saturated heterocycles. The first-order valence-electron chi connectivity index (χ1n) is 12.3. The first-order chi connectivity index (χ1) is 17.1. The SMILES string of the molecule is O=C1CCCCN1c1ccc(N2CC(c3ccc4c(c3)CCO4)c3c(n[nH]c3CCO)C2=O)cc1. The lowest BCUT2D eigenvalue weighted by Gasteiger charge is -2.33. The molecule has 0 saturated carbocycles. The fourth-order valence-electron chi connectivity index (χ4n) is 5.52. The summed E-state index contributed by atoms with van der Waals surface area (Å²) in [5.74, 6) is 0.819. The Morgan fingerprint density at radius 3 is 2.60 bits per heavy atom. The first-order valence-corrected chi connectivity index (χ1v) is 12.3. The number of fused-ring (bicyclic) bond motifs is 2. The average Bonchev–Trinajstić information content (AvgIpc) is 3.52. The van der Waals surface area contributed by atoms with Crippen LogP contribution in [0.15, 0.2) is 42.5 Å². The number of nitrogens with one attached hydrogen (secondary N) is 1. The number of piperidine rings is 1. The van der Waals surface area contributed by atoms with E-state index >= 15 is 0 Å². The molecular weight excluding hydrogens is 444 g/mol. The molecule has 8 heteroatoms. The average molecular weight is 473 g/mol. The maximum Gasteiger partial charge on any atom is 0.279 e. The summed E-state index contributed by atoms with van der Waals surface area (Å²) in [4.78, 5) is 29.5. The number of hydrogen-bond donors (Lipinski definition) is 2. The summed E-state index contributed by atoms with van der Waals surface area (Å²) in [5.41, 5.74) is 5.99. The zero-order valence-corrected chi connectivity index (χ0v) is 19.5. The van der Waals surface area contributed by atoms with E-state index in [1.165, 1.54) is 5.56 Å². The van der Waals surface area contributed by atoms with Gasteiger partial charge in [0.1, 0.15) is 5.75 Å². The van der Waals surface area contributed by atoms with Gasteiger partial charge in [0.25, 0.3) is 5.91 Å². The van der Waals surface area contributed by atoms with Crippen molar-refractivity contribution in [3.63, 3.8) is 0 Å². The number of ether oxygens (including phenoxy) is 1. The van der Waals surface area contributed by atoms with Crippen molar-refractivity contribution in [1.82, 2.24) is 10.2 Å². The predicted molar refractivity (Wildman–Crippen MR) is 131 cm³/mol. The van der Waals surface area contributed by atoms with Gasteiger partial charge in [-0.25, -0.2) is 0 Å². The van der Waals surface area contributed by atoms with Gasteiger partial charge in [-0.05, 0) is 54.3 Å². The molecule has 2 aromatic carbocycles. The number of H-pyrrole nitrogens is 1. The van der Waals surface area contributed by atoms with E-state index in [1.807, 2.05) is 35.2 Å². The molecule has 6 rings (SSSR count). The third-order valence-electron chi connectivity index (χ3n) is 7.32. The highest BCUT2D eigenvalue weighted by atomic mass is 16.5. The zero-order valence-electron chi connectivity index (χ0n) is 19.5. The van der Waals surface area contributed by atoms with Crippen molar-refractivity contribution < 1.29 is 19.4 Å². The summed E-state index contributed by atoms with van der Waals surface area (Å²) in [6.07, 6.45) is 3.81. The molecule has 0 spiro atoms. The van der Waals surface area contributed by atoms with Gasteiger partial charge in [-0.2, -0.15) is 5.10 Å². The van der Waals surface area contributed by atoms with E-state index in [2.05, 4.69) is 22.3 Å². The molecule has 0 radical (unpaired) electrons. The lowest BCUT2D eigenvalue weighted by Crippen LogP contribution is -2.40. The number of anilines is 2. The van der Waals surface area contributed by atoms with Crippen molar-refractivity contribution in [2.75, 3.05) is 36.1 Å². The van der Waals surface area contributed by atoms with Crippen molar-refractivity contribution in [3.8, 4) is 5.75 Å². The number of benzene rings is 2. The van der Waals surface area contributed by atoms with Crippen LogP contribution < -0.4 is 14.5 Å². The second kappa shape index (κ2) is 8.85. The Hall–Kier alpha value is -3.65. The van der Waals surface area contributed by atoms with Crippen LogP contribution in [0.2, 0.25) is 0 Å². The summed E-state index contributed by atoms with van der Waals surface area (Å²) in [6, 6.07) is 13.9. The van der Waals surface area contributed by atoms with Crippen LogP contribution in [0.1, 0.15) is 58.1 Å². The number of amides is 2. The van der Waals surface area contributed by atoms with Crippen LogP contribution in [-0.2, 0) is 17.6 Å². The number of carbonyl (C=O) groups excluding carboxylic acids is 2. The monoisotopic (exact) mass is 472 g/mol. The lowest BCUT2D eigenvalue weighted by atomic mass is 9.84. The van der Waals surface area contributed by atoms with Gasteiger partial charge in [0.15, 0.2) is 5.69 Å². The lowest BCUT2D eigenvalue weighted by molar-refractivity contribution is -0.119. The van der Waals surface area contributed by atoms with Gasteiger partial charge < -0.3 is 19.6 Å². The highest BCUT2D eigenvalue weighted by Gasteiger charge is 2.38. The molecule has 35 heavy (non-hydrogen) atoms. The third-order valence-corrected chi connectivity index (χ3v) is 7.32. The Balaban J connectivity index is 1.36. The Bertz CT molecular complexity index is 1280. The minimum absolute atomic E-state index is 0.0199. The van der Waals surface area contributed by atoms with Gasteiger partial charge in [0, 0.05) is 67.5 Å². The first kappa shape index (κ1) is 21.9. The van der Waals surface area contributed by atoms with Crippen LogP contribution in [-0.4, -0.2) is 53.4 Å². The van der Waals surface area contributed by atoms with Gasteiger partial charge >= 0.3 is 0 Å². The van der Waals surface area contributed by atoms with Crippen LogP contribution in [0.3, 0.4) is 0 Å². The van der Waals surface area contributed by atoms with Crippen LogP contribution in [0.4, 0.5) is 11.4 Å². The van der Waals surface area contributed by atoms with Gasteiger partial charge in [-0.3, -0.25) is 14.7 Å². The normalized spacial score (nSPS) is 19.5. The number of aromatic nitrogens is 2. The number of aliphatic hydroxyl groups is 1. The molecule has 2 N–H and O–H groups in total. The maximum atomic E-state index is 13.5. The van der Waals surface area contributed by atoms with Crippen LogP contribution >= 0.6 is 0 Å². The van der Waals surface area contributed by atoms with Gasteiger partial charge in [0.05, 0.1) is 6.61 Å². The maximum absolute atomic E-state index is 13.5. The fraction of sp³-hybridized carbons (Fsp3) is 0.370. The Labute approximate surface area is 203 Å². The molecule has 2 amide bonds. The van der Waals surface area contributed by atoms with Gasteiger partial charge in [0.2, 0.25) is 5.91 Å². The quantitative estimate of drug-likeness (QED) is 0.594. The second-order valence-corrected chi connectivity index (χ2v) is 9.39. The molecule has 4 heterocycles. The zero-order chi connectivity index (χ0) is 23.9. The molecule has 1 aromatic heterocycles. The van der Waals surface area contributed by atoms with Crippen LogP contribution in [0.5, 0.6) is 5.75 Å². The van der Waals surface area contributed by atoms with E-state index < -0.39 is 0 Å². The van der Waals surface area contributed by atoms with Gasteiger partial charge in [-0.1, -0.05) is 12.1 Å². The smallest absolute Gasteiger partial charge is 0.279 e. The Kier molecular flexibility index (Phi) is 5.53. The van der Waals surface area contributed by atoms with Crippen molar-refractivity contribution in [2.24, 2.45) is 0 Å². The summed E-state index contributed by atoms with van der Waals surface area (Å²) in [6.45, 7) is 1.86.